The standard InChI is InChI=1S/C48H30N8/c1-4-16-31(17-5-1)44-50-45(32-18-6-2-7-19-32)52-47(51-44)55-38-24-12-10-22-35(38)37-30-34(28-29-40(37)55)54-41-26-14-15-27-42(41)56-46-43(49-48(54)56)36-23-11-13-25-39(36)53(46)33-20-8-3-9-21-33/h1-30H. The first-order valence-electron chi connectivity index (χ1n) is 18.7. The summed E-state index contributed by atoms with van der Waals surface area (Å²) < 4.78 is 9.10. The van der Waals surface area contributed by atoms with Crippen LogP contribution in [-0.2, 0) is 0 Å². The zero-order chi connectivity index (χ0) is 36.7. The lowest BCUT2D eigenvalue weighted by Gasteiger charge is -2.11. The van der Waals surface area contributed by atoms with Gasteiger partial charge in [0.15, 0.2) is 17.3 Å². The molecule has 0 unspecified atom stereocenters. The lowest BCUT2D eigenvalue weighted by atomic mass is 10.1. The van der Waals surface area contributed by atoms with Crippen molar-refractivity contribution in [3.8, 4) is 40.1 Å². The van der Waals surface area contributed by atoms with Gasteiger partial charge in [-0.25, -0.2) is 9.97 Å². The highest BCUT2D eigenvalue weighted by Gasteiger charge is 2.24. The van der Waals surface area contributed by atoms with E-state index in [4.69, 9.17) is 19.9 Å². The summed E-state index contributed by atoms with van der Waals surface area (Å²) >= 11 is 0. The lowest BCUT2D eigenvalue weighted by Crippen LogP contribution is -2.06. The molecule has 0 saturated carbocycles. The van der Waals surface area contributed by atoms with Gasteiger partial charge in [-0.05, 0) is 54.6 Å². The molecule has 7 aromatic carbocycles. The van der Waals surface area contributed by atoms with E-state index in [9.17, 15) is 0 Å². The predicted molar refractivity (Wildman–Crippen MR) is 225 cm³/mol. The summed E-state index contributed by atoms with van der Waals surface area (Å²) in [5.74, 6) is 2.66. The van der Waals surface area contributed by atoms with E-state index in [0.717, 1.165) is 83.2 Å². The minimum absolute atomic E-state index is 0.565. The molecule has 0 atom stereocenters. The van der Waals surface area contributed by atoms with Crippen LogP contribution in [-0.4, -0.2) is 38.0 Å². The number of nitrogens with zero attached hydrogens (tertiary/aromatic N) is 8. The fourth-order valence-electron chi connectivity index (χ4n) is 8.40. The molecule has 0 bridgehead atoms. The van der Waals surface area contributed by atoms with Gasteiger partial charge in [-0.1, -0.05) is 127 Å². The van der Waals surface area contributed by atoms with E-state index in [1.165, 1.54) is 0 Å². The van der Waals surface area contributed by atoms with Crippen molar-refractivity contribution in [1.29, 1.82) is 0 Å². The second-order valence-electron chi connectivity index (χ2n) is 14.0. The minimum Gasteiger partial charge on any atom is -0.294 e. The summed E-state index contributed by atoms with van der Waals surface area (Å²) in [6, 6.07) is 63.0. The van der Waals surface area contributed by atoms with Crippen molar-refractivity contribution in [3.63, 3.8) is 0 Å². The molecule has 0 N–H and O–H groups in total. The second-order valence-corrected chi connectivity index (χ2v) is 14.0. The third-order valence-electron chi connectivity index (χ3n) is 10.8. The third-order valence-corrected chi connectivity index (χ3v) is 10.8. The first-order valence-corrected chi connectivity index (χ1v) is 18.7. The molecule has 0 aliphatic rings. The van der Waals surface area contributed by atoms with Crippen molar-refractivity contribution in [2.45, 2.75) is 0 Å². The molecule has 0 spiro atoms. The molecule has 262 valence electrons. The highest BCUT2D eigenvalue weighted by molar-refractivity contribution is 6.11. The zero-order valence-corrected chi connectivity index (χ0v) is 29.9. The number of aromatic nitrogens is 8. The van der Waals surface area contributed by atoms with Crippen LogP contribution in [0, 0.1) is 0 Å². The van der Waals surface area contributed by atoms with E-state index in [1.54, 1.807) is 0 Å². The molecule has 0 saturated heterocycles. The van der Waals surface area contributed by atoms with Crippen molar-refractivity contribution >= 4 is 60.7 Å². The predicted octanol–water partition coefficient (Wildman–Crippen LogP) is 11.0. The molecule has 0 radical (unpaired) electrons. The van der Waals surface area contributed by atoms with Crippen molar-refractivity contribution < 1.29 is 0 Å². The van der Waals surface area contributed by atoms with Gasteiger partial charge in [-0.3, -0.25) is 18.1 Å². The average molecular weight is 719 g/mol. The Morgan fingerprint density at radius 2 is 0.875 bits per heavy atom. The Morgan fingerprint density at radius 1 is 0.339 bits per heavy atom. The van der Waals surface area contributed by atoms with Gasteiger partial charge in [-0.2, -0.15) is 9.97 Å². The monoisotopic (exact) mass is 718 g/mol. The van der Waals surface area contributed by atoms with E-state index in [0.29, 0.717) is 17.6 Å². The van der Waals surface area contributed by atoms with Gasteiger partial charge in [0.1, 0.15) is 5.52 Å². The largest absolute Gasteiger partial charge is 0.294 e. The van der Waals surface area contributed by atoms with Crippen LogP contribution in [0.4, 0.5) is 0 Å². The number of hydrogen-bond donors (Lipinski definition) is 0. The van der Waals surface area contributed by atoms with E-state index < -0.39 is 0 Å². The molecular formula is C48H30N8. The summed E-state index contributed by atoms with van der Waals surface area (Å²) in [7, 11) is 0. The summed E-state index contributed by atoms with van der Waals surface area (Å²) in [6.07, 6.45) is 0. The smallest absolute Gasteiger partial charge is 0.238 e. The van der Waals surface area contributed by atoms with Crippen molar-refractivity contribution in [1.82, 2.24) is 38.0 Å². The van der Waals surface area contributed by atoms with Gasteiger partial charge in [0.05, 0.1) is 27.6 Å². The molecule has 5 aromatic heterocycles. The number of para-hydroxylation sites is 5. The molecule has 56 heavy (non-hydrogen) atoms. The molecule has 0 amide bonds. The summed E-state index contributed by atoms with van der Waals surface area (Å²) in [4.78, 5) is 20.7. The highest BCUT2D eigenvalue weighted by Crippen LogP contribution is 2.38. The van der Waals surface area contributed by atoms with Crippen molar-refractivity contribution in [3.05, 3.63) is 182 Å². The Balaban J connectivity index is 1.13. The number of benzene rings is 7. The summed E-state index contributed by atoms with van der Waals surface area (Å²) in [5.41, 5.74) is 11.3. The normalized spacial score (nSPS) is 11.9. The molecule has 12 rings (SSSR count). The van der Waals surface area contributed by atoms with Gasteiger partial charge in [-0.15, -0.1) is 0 Å². The zero-order valence-electron chi connectivity index (χ0n) is 29.9. The summed E-state index contributed by atoms with van der Waals surface area (Å²) in [6.45, 7) is 0. The number of fused-ring (bicyclic) bond motifs is 10. The van der Waals surface area contributed by atoms with Crippen molar-refractivity contribution in [2.75, 3.05) is 0 Å². The molecule has 12 aromatic rings. The molecule has 8 nitrogen and oxygen atoms in total. The number of hydrogen-bond acceptors (Lipinski definition) is 4. The first kappa shape index (κ1) is 30.6. The van der Waals surface area contributed by atoms with Crippen LogP contribution in [0.15, 0.2) is 182 Å². The van der Waals surface area contributed by atoms with Crippen LogP contribution in [0.3, 0.4) is 0 Å². The fourth-order valence-corrected chi connectivity index (χ4v) is 8.40. The third kappa shape index (κ3) is 4.41. The van der Waals surface area contributed by atoms with E-state index in [2.05, 4.69) is 139 Å². The molecule has 0 aliphatic carbocycles. The van der Waals surface area contributed by atoms with E-state index >= 15 is 0 Å². The first-order chi connectivity index (χ1) is 27.8. The van der Waals surface area contributed by atoms with Gasteiger partial charge < -0.3 is 0 Å². The fraction of sp³-hybridized carbons (Fsp3) is 0. The van der Waals surface area contributed by atoms with Crippen LogP contribution in [0.1, 0.15) is 0 Å². The van der Waals surface area contributed by atoms with E-state index in [1.807, 2.05) is 60.7 Å². The van der Waals surface area contributed by atoms with E-state index in [-0.39, 0.29) is 0 Å². The molecule has 5 heterocycles. The quantitative estimate of drug-likeness (QED) is 0.178. The topological polar surface area (TPSA) is 70.8 Å². The van der Waals surface area contributed by atoms with Crippen LogP contribution in [0.25, 0.3) is 101 Å². The van der Waals surface area contributed by atoms with Crippen molar-refractivity contribution in [2.24, 2.45) is 0 Å². The Labute approximate surface area is 319 Å². The Bertz CT molecular complexity index is 3410. The maximum atomic E-state index is 5.45. The number of rotatable bonds is 5. The summed E-state index contributed by atoms with van der Waals surface area (Å²) in [5, 5.41) is 3.31. The Kier molecular flexibility index (Phi) is 6.47. The Morgan fingerprint density at radius 3 is 1.55 bits per heavy atom. The van der Waals surface area contributed by atoms with Crippen LogP contribution < -0.4 is 0 Å². The SMILES string of the molecule is c1ccc(-c2nc(-c3ccccc3)nc(-n3c4ccccc4c4cc(-n5c6ccccc6n6c5nc5c7ccccc7n(-c7ccccc7)c56)ccc43)n2)cc1. The molecule has 0 fully saturated rings. The van der Waals surface area contributed by atoms with Gasteiger partial charge >= 0.3 is 0 Å². The minimum atomic E-state index is 0.565. The molecule has 0 aliphatic heterocycles. The molecular weight excluding hydrogens is 689 g/mol. The van der Waals surface area contributed by atoms with Gasteiger partial charge in [0.2, 0.25) is 11.7 Å². The van der Waals surface area contributed by atoms with Crippen LogP contribution in [0.5, 0.6) is 0 Å². The second kappa shape index (κ2) is 11.8. The van der Waals surface area contributed by atoms with Gasteiger partial charge in [0.25, 0.3) is 0 Å². The highest BCUT2D eigenvalue weighted by atomic mass is 15.3. The maximum absolute atomic E-state index is 5.45. The average Bonchev–Trinajstić information content (AvgIpc) is 3.99. The number of imidazole rings is 2. The van der Waals surface area contributed by atoms with Crippen LogP contribution in [0.2, 0.25) is 0 Å². The molecule has 8 heteroatoms. The Hall–Kier alpha value is -7.84. The lowest BCUT2D eigenvalue weighted by molar-refractivity contribution is 0.953. The maximum Gasteiger partial charge on any atom is 0.238 e. The van der Waals surface area contributed by atoms with Crippen LogP contribution >= 0.6 is 0 Å². The van der Waals surface area contributed by atoms with Gasteiger partial charge in [0, 0.05) is 38.7 Å².